The monoisotopic (exact) mass is 216 g/mol. The molecular formula is C10H13FO2S. The van der Waals surface area contributed by atoms with Crippen LogP contribution >= 0.6 is 11.8 Å². The molecule has 4 heteroatoms. The highest BCUT2D eigenvalue weighted by atomic mass is 32.2. The van der Waals surface area contributed by atoms with E-state index in [4.69, 9.17) is 9.47 Å². The van der Waals surface area contributed by atoms with Crippen molar-refractivity contribution in [2.24, 2.45) is 0 Å². The van der Waals surface area contributed by atoms with Gasteiger partial charge in [-0.3, -0.25) is 0 Å². The van der Waals surface area contributed by atoms with Gasteiger partial charge >= 0.3 is 0 Å². The molecule has 78 valence electrons. The number of benzene rings is 1. The van der Waals surface area contributed by atoms with Crippen LogP contribution in [0.15, 0.2) is 17.0 Å². The van der Waals surface area contributed by atoms with Crippen molar-refractivity contribution < 1.29 is 13.9 Å². The fraction of sp³-hybridized carbons (Fsp3) is 0.400. The van der Waals surface area contributed by atoms with Gasteiger partial charge in [-0.05, 0) is 24.8 Å². The maximum absolute atomic E-state index is 13.3. The van der Waals surface area contributed by atoms with E-state index in [0.717, 1.165) is 5.56 Å². The van der Waals surface area contributed by atoms with E-state index in [1.807, 2.05) is 13.2 Å². The standard InChI is InChI=1S/C10H13FO2S/c1-7-4-5-8(11)10(14-3)9(7)13-6-12-2/h4-5H,6H2,1-3H3. The maximum atomic E-state index is 13.3. The van der Waals surface area contributed by atoms with Crippen LogP contribution in [0.3, 0.4) is 0 Å². The minimum absolute atomic E-state index is 0.137. The molecule has 1 aromatic rings. The Bertz CT molecular complexity index is 315. The van der Waals surface area contributed by atoms with Crippen molar-refractivity contribution >= 4 is 11.8 Å². The average molecular weight is 216 g/mol. The molecule has 0 atom stereocenters. The van der Waals surface area contributed by atoms with Gasteiger partial charge in [-0.1, -0.05) is 6.07 Å². The molecule has 0 amide bonds. The van der Waals surface area contributed by atoms with E-state index in [1.165, 1.54) is 24.9 Å². The van der Waals surface area contributed by atoms with E-state index in [-0.39, 0.29) is 12.6 Å². The normalized spacial score (nSPS) is 10.3. The van der Waals surface area contributed by atoms with Gasteiger partial charge in [0.2, 0.25) is 0 Å². The summed E-state index contributed by atoms with van der Waals surface area (Å²) in [5.74, 6) is 0.313. The summed E-state index contributed by atoms with van der Waals surface area (Å²) in [4.78, 5) is 0.530. The molecule has 1 aromatic carbocycles. The van der Waals surface area contributed by atoms with E-state index >= 15 is 0 Å². The first-order valence-corrected chi connectivity index (χ1v) is 5.38. The number of thioether (sulfide) groups is 1. The molecule has 0 aliphatic carbocycles. The molecule has 0 aliphatic heterocycles. The molecule has 0 fully saturated rings. The van der Waals surface area contributed by atoms with Crippen molar-refractivity contribution in [3.63, 3.8) is 0 Å². The molecule has 0 spiro atoms. The Morgan fingerprint density at radius 1 is 1.43 bits per heavy atom. The Morgan fingerprint density at radius 2 is 2.14 bits per heavy atom. The summed E-state index contributed by atoms with van der Waals surface area (Å²) in [6.45, 7) is 2.02. The van der Waals surface area contributed by atoms with Gasteiger partial charge in [0.15, 0.2) is 6.79 Å². The molecule has 0 saturated carbocycles. The highest BCUT2D eigenvalue weighted by molar-refractivity contribution is 7.98. The third kappa shape index (κ3) is 2.39. The molecular weight excluding hydrogens is 203 g/mol. The number of halogens is 1. The second kappa shape index (κ2) is 5.22. The lowest BCUT2D eigenvalue weighted by Gasteiger charge is -2.12. The van der Waals surface area contributed by atoms with Gasteiger partial charge in [-0.2, -0.15) is 0 Å². The van der Waals surface area contributed by atoms with Gasteiger partial charge in [0.05, 0.1) is 4.90 Å². The van der Waals surface area contributed by atoms with Crippen LogP contribution in [0.4, 0.5) is 4.39 Å². The number of hydrogen-bond donors (Lipinski definition) is 0. The van der Waals surface area contributed by atoms with E-state index in [2.05, 4.69) is 0 Å². The van der Waals surface area contributed by atoms with E-state index in [0.29, 0.717) is 10.6 Å². The molecule has 0 saturated heterocycles. The zero-order valence-corrected chi connectivity index (χ0v) is 9.28. The zero-order chi connectivity index (χ0) is 10.6. The molecule has 0 unspecified atom stereocenters. The number of rotatable bonds is 4. The highest BCUT2D eigenvalue weighted by Gasteiger charge is 2.11. The fourth-order valence-corrected chi connectivity index (χ4v) is 1.79. The molecule has 14 heavy (non-hydrogen) atoms. The van der Waals surface area contributed by atoms with Gasteiger partial charge in [0, 0.05) is 7.11 Å². The third-order valence-electron chi connectivity index (χ3n) is 1.79. The third-order valence-corrected chi connectivity index (χ3v) is 2.57. The molecule has 0 aliphatic rings. The van der Waals surface area contributed by atoms with Crippen molar-refractivity contribution in [1.29, 1.82) is 0 Å². The SMILES string of the molecule is COCOc1c(C)ccc(F)c1SC. The lowest BCUT2D eigenvalue weighted by molar-refractivity contribution is 0.0482. The number of methoxy groups -OCH3 is 1. The maximum Gasteiger partial charge on any atom is 0.188 e. The minimum Gasteiger partial charge on any atom is -0.466 e. The van der Waals surface area contributed by atoms with Crippen LogP contribution in [-0.4, -0.2) is 20.2 Å². The van der Waals surface area contributed by atoms with Crippen molar-refractivity contribution in [3.8, 4) is 5.75 Å². The van der Waals surface area contributed by atoms with Crippen LogP contribution in [0.2, 0.25) is 0 Å². The highest BCUT2D eigenvalue weighted by Crippen LogP contribution is 2.33. The number of hydrogen-bond acceptors (Lipinski definition) is 3. The van der Waals surface area contributed by atoms with Crippen LogP contribution < -0.4 is 4.74 Å². The second-order valence-corrected chi connectivity index (χ2v) is 3.59. The predicted octanol–water partition coefficient (Wildman–Crippen LogP) is 2.84. The Balaban J connectivity index is 3.03. The molecule has 0 aromatic heterocycles. The zero-order valence-electron chi connectivity index (χ0n) is 8.46. The summed E-state index contributed by atoms with van der Waals surface area (Å²) in [6, 6.07) is 3.14. The Labute approximate surface area is 87.4 Å². The van der Waals surface area contributed by atoms with Gasteiger partial charge < -0.3 is 9.47 Å². The Hall–Kier alpha value is -0.740. The van der Waals surface area contributed by atoms with Crippen molar-refractivity contribution in [3.05, 3.63) is 23.5 Å². The van der Waals surface area contributed by atoms with Crippen LogP contribution in [0.1, 0.15) is 5.56 Å². The van der Waals surface area contributed by atoms with Crippen molar-refractivity contribution in [1.82, 2.24) is 0 Å². The van der Waals surface area contributed by atoms with Crippen molar-refractivity contribution in [2.75, 3.05) is 20.2 Å². The number of ether oxygens (including phenoxy) is 2. The first-order chi connectivity index (χ1) is 6.70. The predicted molar refractivity (Wildman–Crippen MR) is 55.4 cm³/mol. The lowest BCUT2D eigenvalue weighted by Crippen LogP contribution is -2.02. The quantitative estimate of drug-likeness (QED) is 0.569. The fourth-order valence-electron chi connectivity index (χ4n) is 1.12. The molecule has 0 bridgehead atoms. The van der Waals surface area contributed by atoms with Crippen LogP contribution in [-0.2, 0) is 4.74 Å². The minimum atomic E-state index is -0.255. The summed E-state index contributed by atoms with van der Waals surface area (Å²) >= 11 is 1.33. The summed E-state index contributed by atoms with van der Waals surface area (Å²) < 4.78 is 23.4. The topological polar surface area (TPSA) is 18.5 Å². The second-order valence-electron chi connectivity index (χ2n) is 2.78. The molecule has 0 heterocycles. The van der Waals surface area contributed by atoms with E-state index in [1.54, 1.807) is 6.07 Å². The van der Waals surface area contributed by atoms with E-state index < -0.39 is 0 Å². The van der Waals surface area contributed by atoms with Gasteiger partial charge in [0.1, 0.15) is 11.6 Å². The van der Waals surface area contributed by atoms with Gasteiger partial charge in [-0.15, -0.1) is 11.8 Å². The molecule has 0 N–H and O–H groups in total. The van der Waals surface area contributed by atoms with Gasteiger partial charge in [-0.25, -0.2) is 4.39 Å². The van der Waals surface area contributed by atoms with E-state index in [9.17, 15) is 4.39 Å². The summed E-state index contributed by atoms with van der Waals surface area (Å²) in [5, 5.41) is 0. The number of aryl methyl sites for hydroxylation is 1. The average Bonchev–Trinajstić information content (AvgIpc) is 2.19. The van der Waals surface area contributed by atoms with Crippen LogP contribution in [0, 0.1) is 12.7 Å². The summed E-state index contributed by atoms with van der Waals surface area (Å²) in [6.07, 6.45) is 1.82. The molecule has 2 nitrogen and oxygen atoms in total. The first-order valence-electron chi connectivity index (χ1n) is 4.15. The first kappa shape index (κ1) is 11.3. The summed E-state index contributed by atoms with van der Waals surface area (Å²) in [7, 11) is 1.54. The van der Waals surface area contributed by atoms with Crippen LogP contribution in [0.5, 0.6) is 5.75 Å². The smallest absolute Gasteiger partial charge is 0.188 e. The Morgan fingerprint density at radius 3 is 2.71 bits per heavy atom. The summed E-state index contributed by atoms with van der Waals surface area (Å²) in [5.41, 5.74) is 0.910. The van der Waals surface area contributed by atoms with Crippen LogP contribution in [0.25, 0.3) is 0 Å². The lowest BCUT2D eigenvalue weighted by atomic mass is 10.2. The largest absolute Gasteiger partial charge is 0.466 e. The molecule has 1 rings (SSSR count). The Kier molecular flexibility index (Phi) is 4.22. The van der Waals surface area contributed by atoms with Gasteiger partial charge in [0.25, 0.3) is 0 Å². The molecule has 0 radical (unpaired) electrons. The van der Waals surface area contributed by atoms with Crippen molar-refractivity contribution in [2.45, 2.75) is 11.8 Å².